The van der Waals surface area contributed by atoms with Crippen LogP contribution in [0.1, 0.15) is 30.4 Å². The van der Waals surface area contributed by atoms with Crippen LogP contribution < -0.4 is 0 Å². The molecule has 1 aromatic rings. The number of nitrogens with zero attached hydrogens (tertiary/aromatic N) is 1. The highest BCUT2D eigenvalue weighted by atomic mass is 19.4. The molecule has 5 heteroatoms. The van der Waals surface area contributed by atoms with Crippen molar-refractivity contribution >= 4 is 5.84 Å². The number of piperidine rings is 1. The molecule has 0 unspecified atom stereocenters. The lowest BCUT2D eigenvalue weighted by molar-refractivity contribution is -0.137. The van der Waals surface area contributed by atoms with E-state index in [0.717, 1.165) is 43.5 Å². The van der Waals surface area contributed by atoms with Gasteiger partial charge in [-0.3, -0.25) is 5.41 Å². The molecule has 1 N–H and O–H groups in total. The second kappa shape index (κ2) is 5.00. The third-order valence-electron chi connectivity index (χ3n) is 3.13. The molecule has 0 bridgehead atoms. The van der Waals surface area contributed by atoms with Crippen molar-refractivity contribution in [3.8, 4) is 0 Å². The summed E-state index contributed by atoms with van der Waals surface area (Å²) in [4.78, 5) is 1.92. The predicted molar refractivity (Wildman–Crippen MR) is 63.4 cm³/mol. The van der Waals surface area contributed by atoms with Crippen molar-refractivity contribution in [2.75, 3.05) is 6.54 Å². The molecule has 98 valence electrons. The molecule has 1 saturated heterocycles. The number of benzene rings is 1. The number of amidine groups is 1. The third kappa shape index (κ3) is 3.03. The van der Waals surface area contributed by atoms with E-state index in [1.807, 2.05) is 4.90 Å². The summed E-state index contributed by atoms with van der Waals surface area (Å²) < 4.78 is 37.2. The molecule has 0 aromatic heterocycles. The normalized spacial score (nSPS) is 17.1. The van der Waals surface area contributed by atoms with Gasteiger partial charge in [-0.05, 0) is 30.5 Å². The second-order valence-electron chi connectivity index (χ2n) is 4.52. The van der Waals surface area contributed by atoms with Gasteiger partial charge in [0.25, 0.3) is 0 Å². The molecule has 1 aliphatic heterocycles. The van der Waals surface area contributed by atoms with Crippen LogP contribution in [0.3, 0.4) is 0 Å². The quantitative estimate of drug-likeness (QED) is 0.858. The van der Waals surface area contributed by atoms with Gasteiger partial charge >= 0.3 is 6.18 Å². The van der Waals surface area contributed by atoms with Gasteiger partial charge in [0, 0.05) is 19.5 Å². The van der Waals surface area contributed by atoms with E-state index in [1.165, 1.54) is 12.1 Å². The van der Waals surface area contributed by atoms with Crippen LogP contribution in [0.25, 0.3) is 0 Å². The van der Waals surface area contributed by atoms with Crippen LogP contribution in [0.5, 0.6) is 0 Å². The Morgan fingerprint density at radius 1 is 1.11 bits per heavy atom. The number of hydrogen-bond donors (Lipinski definition) is 1. The van der Waals surface area contributed by atoms with E-state index in [1.54, 1.807) is 0 Å². The Labute approximate surface area is 104 Å². The lowest BCUT2D eigenvalue weighted by atomic mass is 10.1. The van der Waals surface area contributed by atoms with Gasteiger partial charge in [0.15, 0.2) is 0 Å². The predicted octanol–water partition coefficient (Wildman–Crippen LogP) is 3.67. The lowest BCUT2D eigenvalue weighted by Gasteiger charge is -2.29. The summed E-state index contributed by atoms with van der Waals surface area (Å²) in [6, 6.07) is 5.18. The fourth-order valence-electron chi connectivity index (χ4n) is 2.08. The van der Waals surface area contributed by atoms with Gasteiger partial charge in [0.2, 0.25) is 0 Å². The Hall–Kier alpha value is -1.52. The van der Waals surface area contributed by atoms with E-state index in [9.17, 15) is 13.2 Å². The molecule has 1 heterocycles. The molecule has 0 spiro atoms. The summed E-state index contributed by atoms with van der Waals surface area (Å²) in [5.74, 6) is 0.584. The summed E-state index contributed by atoms with van der Waals surface area (Å²) in [7, 11) is 0. The molecular weight excluding hydrogens is 241 g/mol. The zero-order valence-electron chi connectivity index (χ0n) is 9.93. The first kappa shape index (κ1) is 12.9. The summed E-state index contributed by atoms with van der Waals surface area (Å²) in [5.41, 5.74) is 0.189. The highest BCUT2D eigenvalue weighted by Crippen LogP contribution is 2.29. The molecule has 0 saturated carbocycles. The Morgan fingerprint density at radius 2 is 1.78 bits per heavy atom. The standard InChI is InChI=1S/C13H15F3N2/c14-13(15,16)11-6-4-10(5-7-11)9-18-8-2-1-3-12(18)17/h4-7,17H,1-3,8-9H2. The van der Waals surface area contributed by atoms with Crippen LogP contribution in [0.4, 0.5) is 13.2 Å². The second-order valence-corrected chi connectivity index (χ2v) is 4.52. The first-order chi connectivity index (χ1) is 8.47. The molecule has 1 fully saturated rings. The van der Waals surface area contributed by atoms with Crippen molar-refractivity contribution in [2.45, 2.75) is 32.0 Å². The van der Waals surface area contributed by atoms with Crippen molar-refractivity contribution < 1.29 is 13.2 Å². The minimum Gasteiger partial charge on any atom is -0.356 e. The van der Waals surface area contributed by atoms with Crippen LogP contribution in [0.15, 0.2) is 24.3 Å². The van der Waals surface area contributed by atoms with Crippen LogP contribution in [0.2, 0.25) is 0 Å². The molecule has 0 amide bonds. The van der Waals surface area contributed by atoms with Gasteiger partial charge in [0.1, 0.15) is 0 Å². The maximum Gasteiger partial charge on any atom is 0.416 e. The van der Waals surface area contributed by atoms with Crippen molar-refractivity contribution in [3.05, 3.63) is 35.4 Å². The summed E-state index contributed by atoms with van der Waals surface area (Å²) in [6.45, 7) is 1.34. The minimum atomic E-state index is -4.28. The molecule has 2 nitrogen and oxygen atoms in total. The van der Waals surface area contributed by atoms with Gasteiger partial charge in [0.05, 0.1) is 11.4 Å². The number of alkyl halides is 3. The summed E-state index contributed by atoms with van der Waals surface area (Å²) in [5, 5.41) is 7.78. The third-order valence-corrected chi connectivity index (χ3v) is 3.13. The molecule has 2 rings (SSSR count). The van der Waals surface area contributed by atoms with Crippen LogP contribution >= 0.6 is 0 Å². The number of halogens is 3. The van der Waals surface area contributed by atoms with Gasteiger partial charge in [-0.1, -0.05) is 12.1 Å². The first-order valence-corrected chi connectivity index (χ1v) is 5.95. The van der Waals surface area contributed by atoms with E-state index in [4.69, 9.17) is 5.41 Å². The van der Waals surface area contributed by atoms with Crippen molar-refractivity contribution in [1.29, 1.82) is 5.41 Å². The average Bonchev–Trinajstić information content (AvgIpc) is 2.32. The fourth-order valence-corrected chi connectivity index (χ4v) is 2.08. The number of likely N-dealkylation sites (tertiary alicyclic amines) is 1. The zero-order chi connectivity index (χ0) is 13.2. The minimum absolute atomic E-state index is 0.525. The average molecular weight is 256 g/mol. The lowest BCUT2D eigenvalue weighted by Crippen LogP contribution is -2.34. The van der Waals surface area contributed by atoms with Gasteiger partial charge in [-0.25, -0.2) is 0 Å². The Balaban J connectivity index is 2.04. The zero-order valence-corrected chi connectivity index (χ0v) is 9.93. The molecule has 0 atom stereocenters. The van der Waals surface area contributed by atoms with E-state index >= 15 is 0 Å². The largest absolute Gasteiger partial charge is 0.416 e. The molecule has 0 radical (unpaired) electrons. The SMILES string of the molecule is N=C1CCCCN1Cc1ccc(C(F)(F)F)cc1. The first-order valence-electron chi connectivity index (χ1n) is 5.95. The number of hydrogen-bond acceptors (Lipinski definition) is 1. The summed E-state index contributed by atoms with van der Waals surface area (Å²) >= 11 is 0. The van der Waals surface area contributed by atoms with Crippen molar-refractivity contribution in [3.63, 3.8) is 0 Å². The molecule has 18 heavy (non-hydrogen) atoms. The van der Waals surface area contributed by atoms with E-state index < -0.39 is 11.7 Å². The van der Waals surface area contributed by atoms with Crippen LogP contribution in [0, 0.1) is 5.41 Å². The maximum atomic E-state index is 12.4. The Kier molecular flexibility index (Phi) is 3.59. The molecule has 1 aliphatic rings. The van der Waals surface area contributed by atoms with Crippen LogP contribution in [-0.4, -0.2) is 17.3 Å². The number of rotatable bonds is 2. The van der Waals surface area contributed by atoms with Gasteiger partial charge < -0.3 is 4.90 Å². The highest BCUT2D eigenvalue weighted by Gasteiger charge is 2.30. The monoisotopic (exact) mass is 256 g/mol. The van der Waals surface area contributed by atoms with Crippen LogP contribution in [-0.2, 0) is 12.7 Å². The van der Waals surface area contributed by atoms with E-state index in [2.05, 4.69) is 0 Å². The maximum absolute atomic E-state index is 12.4. The fraction of sp³-hybridized carbons (Fsp3) is 0.462. The van der Waals surface area contributed by atoms with Crippen molar-refractivity contribution in [2.24, 2.45) is 0 Å². The van der Waals surface area contributed by atoms with E-state index in [-0.39, 0.29) is 0 Å². The summed E-state index contributed by atoms with van der Waals surface area (Å²) in [6.07, 6.45) is -1.44. The number of nitrogens with one attached hydrogen (secondary N) is 1. The Morgan fingerprint density at radius 3 is 2.33 bits per heavy atom. The van der Waals surface area contributed by atoms with E-state index in [0.29, 0.717) is 12.4 Å². The smallest absolute Gasteiger partial charge is 0.356 e. The topological polar surface area (TPSA) is 27.1 Å². The van der Waals surface area contributed by atoms with Gasteiger partial charge in [-0.15, -0.1) is 0 Å². The van der Waals surface area contributed by atoms with Crippen molar-refractivity contribution in [1.82, 2.24) is 4.90 Å². The van der Waals surface area contributed by atoms with Gasteiger partial charge in [-0.2, -0.15) is 13.2 Å². The Bertz CT molecular complexity index is 423. The molecular formula is C13H15F3N2. The molecule has 1 aromatic carbocycles. The molecule has 0 aliphatic carbocycles. The highest BCUT2D eigenvalue weighted by molar-refractivity contribution is 5.79.